The summed E-state index contributed by atoms with van der Waals surface area (Å²) in [6, 6.07) is 8.39. The molecule has 1 aliphatic carbocycles. The highest BCUT2D eigenvalue weighted by molar-refractivity contribution is 5.86. The van der Waals surface area contributed by atoms with Crippen molar-refractivity contribution in [1.82, 2.24) is 14.8 Å². The number of rotatable bonds is 3. The molecular formula is C26H39N3O5. The van der Waals surface area contributed by atoms with Crippen LogP contribution in [-0.4, -0.2) is 64.9 Å². The van der Waals surface area contributed by atoms with Crippen molar-refractivity contribution in [3.05, 3.63) is 35.5 Å². The molecule has 4 rings (SSSR count). The van der Waals surface area contributed by atoms with E-state index < -0.39 is 5.60 Å². The second kappa shape index (κ2) is 11.2. The molecule has 0 spiro atoms. The largest absolute Gasteiger partial charge is 0.444 e. The summed E-state index contributed by atoms with van der Waals surface area (Å²) in [5.74, 6) is 0.834. The Kier molecular flexibility index (Phi) is 8.60. The first-order chi connectivity index (χ1) is 16.1. The minimum atomic E-state index is -0.477. The molecule has 0 radical (unpaired) electrons. The van der Waals surface area contributed by atoms with E-state index in [4.69, 9.17) is 9.99 Å². The number of hydrogen-bond acceptors (Lipinski definition) is 5. The van der Waals surface area contributed by atoms with Crippen molar-refractivity contribution < 1.29 is 24.5 Å². The lowest BCUT2D eigenvalue weighted by Gasteiger charge is -2.35. The van der Waals surface area contributed by atoms with Crippen LogP contribution in [0.4, 0.5) is 4.79 Å². The molecule has 8 nitrogen and oxygen atoms in total. The van der Waals surface area contributed by atoms with Crippen LogP contribution in [0.5, 0.6) is 0 Å². The van der Waals surface area contributed by atoms with Gasteiger partial charge in [0.15, 0.2) is 0 Å². The average molecular weight is 474 g/mol. The molecule has 1 aliphatic heterocycles. The molecule has 0 bridgehead atoms. The van der Waals surface area contributed by atoms with Crippen LogP contribution in [0.2, 0.25) is 0 Å². The normalized spacial score (nSPS) is 20.2. The molecule has 0 unspecified atom stereocenters. The van der Waals surface area contributed by atoms with Crippen molar-refractivity contribution in [3.8, 4) is 0 Å². The number of aromatic amines is 1. The zero-order chi connectivity index (χ0) is 24.9. The minimum absolute atomic E-state index is 0.106. The van der Waals surface area contributed by atoms with Gasteiger partial charge in [0, 0.05) is 42.7 Å². The summed E-state index contributed by atoms with van der Waals surface area (Å²) in [5, 5.41) is 8.36. The number of benzene rings is 1. The van der Waals surface area contributed by atoms with E-state index in [2.05, 4.69) is 28.1 Å². The maximum Gasteiger partial charge on any atom is 0.410 e. The van der Waals surface area contributed by atoms with Gasteiger partial charge in [0.25, 0.3) is 0 Å². The van der Waals surface area contributed by atoms with Gasteiger partial charge >= 0.3 is 6.09 Å². The molecule has 188 valence electrons. The van der Waals surface area contributed by atoms with Crippen LogP contribution >= 0.6 is 0 Å². The highest BCUT2D eigenvalue weighted by atomic mass is 17.1. The molecule has 2 N–H and O–H groups in total. The standard InChI is InChI=1S/C25H35N3O3.CH4O2/c1-25(2,3)31-24(30)27(4)15-17-9-11-18(12-10-17)23(29)28-14-13-20-19-7-5-6-8-21(19)26-22(20)16-28;1-3-2/h5-8,17-18,26H,9-16H2,1-4H3;2H,1H3. The number of ether oxygens (including phenoxy) is 1. The number of fused-ring (bicyclic) bond motifs is 3. The van der Waals surface area contributed by atoms with E-state index in [-0.39, 0.29) is 12.0 Å². The van der Waals surface area contributed by atoms with Crippen molar-refractivity contribution in [2.24, 2.45) is 11.8 Å². The van der Waals surface area contributed by atoms with Crippen molar-refractivity contribution in [3.63, 3.8) is 0 Å². The fourth-order valence-electron chi connectivity index (χ4n) is 5.03. The van der Waals surface area contributed by atoms with Gasteiger partial charge in [0.2, 0.25) is 5.91 Å². The molecule has 2 amide bonds. The second-order valence-electron chi connectivity index (χ2n) is 10.4. The summed E-state index contributed by atoms with van der Waals surface area (Å²) in [6.45, 7) is 7.83. The topological polar surface area (TPSA) is 95.1 Å². The zero-order valence-corrected chi connectivity index (χ0v) is 21.1. The number of carbonyl (C=O) groups is 2. The van der Waals surface area contributed by atoms with Gasteiger partial charge in [0.05, 0.1) is 13.7 Å². The summed E-state index contributed by atoms with van der Waals surface area (Å²) in [7, 11) is 2.98. The first-order valence-corrected chi connectivity index (χ1v) is 12.1. The van der Waals surface area contributed by atoms with E-state index in [1.165, 1.54) is 23.8 Å². The lowest BCUT2D eigenvalue weighted by atomic mass is 9.81. The lowest BCUT2D eigenvalue weighted by molar-refractivity contribution is -0.214. The van der Waals surface area contributed by atoms with Crippen LogP contribution in [0.1, 0.15) is 57.7 Å². The molecule has 1 aromatic carbocycles. The summed E-state index contributed by atoms with van der Waals surface area (Å²) in [5.41, 5.74) is 3.24. The van der Waals surface area contributed by atoms with Crippen LogP contribution in [-0.2, 0) is 27.4 Å². The second-order valence-corrected chi connectivity index (χ2v) is 10.4. The number of amides is 2. The van der Waals surface area contributed by atoms with E-state index in [0.717, 1.165) is 44.2 Å². The Morgan fingerprint density at radius 1 is 1.18 bits per heavy atom. The van der Waals surface area contributed by atoms with Gasteiger partial charge in [-0.05, 0) is 70.4 Å². The van der Waals surface area contributed by atoms with E-state index in [1.54, 1.807) is 11.9 Å². The van der Waals surface area contributed by atoms with Gasteiger partial charge < -0.3 is 19.5 Å². The van der Waals surface area contributed by atoms with Crippen LogP contribution in [0.3, 0.4) is 0 Å². The van der Waals surface area contributed by atoms with E-state index in [1.807, 2.05) is 31.7 Å². The minimum Gasteiger partial charge on any atom is -0.444 e. The number of hydrogen-bond donors (Lipinski definition) is 2. The fourth-order valence-corrected chi connectivity index (χ4v) is 5.03. The van der Waals surface area contributed by atoms with E-state index in [0.29, 0.717) is 24.9 Å². The monoisotopic (exact) mass is 473 g/mol. The summed E-state index contributed by atoms with van der Waals surface area (Å²) >= 11 is 0. The van der Waals surface area contributed by atoms with E-state index in [9.17, 15) is 9.59 Å². The number of para-hydroxylation sites is 1. The highest BCUT2D eigenvalue weighted by Crippen LogP contribution is 2.33. The molecule has 2 aromatic rings. The molecule has 1 saturated carbocycles. The number of H-pyrrole nitrogens is 1. The Labute approximate surface area is 202 Å². The Morgan fingerprint density at radius 2 is 1.82 bits per heavy atom. The van der Waals surface area contributed by atoms with Crippen molar-refractivity contribution in [1.29, 1.82) is 0 Å². The van der Waals surface area contributed by atoms with Gasteiger partial charge in [-0.25, -0.2) is 9.68 Å². The third kappa shape index (κ3) is 6.51. The molecule has 34 heavy (non-hydrogen) atoms. The quantitative estimate of drug-likeness (QED) is 0.492. The molecule has 2 heterocycles. The Balaban J connectivity index is 0.00000103. The van der Waals surface area contributed by atoms with Crippen LogP contribution in [0, 0.1) is 11.8 Å². The van der Waals surface area contributed by atoms with Crippen molar-refractivity contribution >= 4 is 22.9 Å². The van der Waals surface area contributed by atoms with Gasteiger partial charge in [-0.1, -0.05) is 18.2 Å². The molecule has 1 aromatic heterocycles. The Morgan fingerprint density at radius 3 is 2.47 bits per heavy atom. The van der Waals surface area contributed by atoms with Crippen LogP contribution in [0.25, 0.3) is 10.9 Å². The number of nitrogens with one attached hydrogen (secondary N) is 1. The zero-order valence-electron chi connectivity index (χ0n) is 21.1. The predicted octanol–water partition coefficient (Wildman–Crippen LogP) is 4.83. The molecule has 0 atom stereocenters. The third-order valence-electron chi connectivity index (χ3n) is 6.63. The number of aromatic nitrogens is 1. The van der Waals surface area contributed by atoms with Crippen molar-refractivity contribution in [2.45, 2.75) is 65.0 Å². The van der Waals surface area contributed by atoms with E-state index >= 15 is 0 Å². The SMILES string of the molecule is CN(CC1CCC(C(=O)N2CCc3c([nH]c4ccccc34)C2)CC1)C(=O)OC(C)(C)C.COO. The Hall–Kier alpha value is -2.58. The molecule has 2 aliphatic rings. The summed E-state index contributed by atoms with van der Waals surface area (Å²) in [6.07, 6.45) is 4.42. The van der Waals surface area contributed by atoms with Crippen molar-refractivity contribution in [2.75, 3.05) is 27.2 Å². The average Bonchev–Trinajstić information content (AvgIpc) is 3.16. The maximum atomic E-state index is 13.2. The van der Waals surface area contributed by atoms with Crippen LogP contribution in [0.15, 0.2) is 24.3 Å². The summed E-state index contributed by atoms with van der Waals surface area (Å²) < 4.78 is 5.45. The maximum absolute atomic E-state index is 13.2. The number of nitrogens with zero attached hydrogens (tertiary/aromatic N) is 2. The smallest absolute Gasteiger partial charge is 0.410 e. The molecule has 1 fully saturated rings. The highest BCUT2D eigenvalue weighted by Gasteiger charge is 2.33. The predicted molar refractivity (Wildman–Crippen MR) is 131 cm³/mol. The molecule has 8 heteroatoms. The van der Waals surface area contributed by atoms with Crippen LogP contribution < -0.4 is 0 Å². The first kappa shape index (κ1) is 26.0. The molecular weight excluding hydrogens is 434 g/mol. The Bertz CT molecular complexity index is 972. The fraction of sp³-hybridized carbons (Fsp3) is 0.615. The lowest BCUT2D eigenvalue weighted by Crippen LogP contribution is -2.42. The van der Waals surface area contributed by atoms with Gasteiger partial charge in [-0.15, -0.1) is 0 Å². The third-order valence-corrected chi connectivity index (χ3v) is 6.63. The van der Waals surface area contributed by atoms with Gasteiger partial charge in [0.1, 0.15) is 5.60 Å². The first-order valence-electron chi connectivity index (χ1n) is 12.1. The number of carbonyl (C=O) groups excluding carboxylic acids is 2. The van der Waals surface area contributed by atoms with Gasteiger partial charge in [-0.2, -0.15) is 0 Å². The molecule has 0 saturated heterocycles. The summed E-state index contributed by atoms with van der Waals surface area (Å²) in [4.78, 5) is 35.9. The van der Waals surface area contributed by atoms with Gasteiger partial charge in [-0.3, -0.25) is 10.1 Å².